The predicted octanol–water partition coefficient (Wildman–Crippen LogP) is 2.83. The first-order valence-corrected chi connectivity index (χ1v) is 6.40. The molecule has 0 aliphatic rings. The molecule has 0 radical (unpaired) electrons. The average molecular weight is 267 g/mol. The van der Waals surface area contributed by atoms with Crippen LogP contribution in [0.4, 0.5) is 0 Å². The molecule has 0 N–H and O–H groups in total. The average Bonchev–Trinajstić information content (AvgIpc) is 2.86. The fourth-order valence-electron chi connectivity index (χ4n) is 1.64. The predicted molar refractivity (Wildman–Crippen MR) is 73.9 cm³/mol. The first-order chi connectivity index (χ1) is 8.60. The van der Waals surface area contributed by atoms with E-state index < -0.39 is 0 Å². The van der Waals surface area contributed by atoms with E-state index in [1.807, 2.05) is 19.9 Å². The highest BCUT2D eigenvalue weighted by atomic mass is 32.1. The van der Waals surface area contributed by atoms with E-state index in [9.17, 15) is 9.59 Å². The molecule has 5 heteroatoms. The quantitative estimate of drug-likeness (QED) is 0.803. The van der Waals surface area contributed by atoms with Crippen molar-refractivity contribution in [1.29, 1.82) is 0 Å². The Morgan fingerprint density at radius 3 is 2.44 bits per heavy atom. The summed E-state index contributed by atoms with van der Waals surface area (Å²) in [5.41, 5.74) is 0.961. The van der Waals surface area contributed by atoms with Gasteiger partial charge in [-0.25, -0.2) is 0 Å². The van der Waals surface area contributed by atoms with Crippen LogP contribution in [0.25, 0.3) is 10.2 Å². The number of hydrogen-bond donors (Lipinski definition) is 0. The fraction of sp³-hybridized carbons (Fsp3) is 0.385. The van der Waals surface area contributed by atoms with Gasteiger partial charge in [0.25, 0.3) is 0 Å². The summed E-state index contributed by atoms with van der Waals surface area (Å²) >= 11 is 1.59. The Labute approximate surface area is 110 Å². The minimum absolute atomic E-state index is 0.459. The van der Waals surface area contributed by atoms with E-state index >= 15 is 0 Å². The summed E-state index contributed by atoms with van der Waals surface area (Å²) in [6.07, 6.45) is 1.48. The van der Waals surface area contributed by atoms with Crippen molar-refractivity contribution in [2.75, 3.05) is 13.7 Å². The summed E-state index contributed by atoms with van der Waals surface area (Å²) in [4.78, 5) is 23.8. The summed E-state index contributed by atoms with van der Waals surface area (Å²) in [6, 6.07) is 1.94. The number of methoxy groups -OCH3 is 1. The molecule has 0 aliphatic carbocycles. The van der Waals surface area contributed by atoms with E-state index in [0.29, 0.717) is 11.3 Å². The molecule has 0 spiro atoms. The number of hydrogen-bond acceptors (Lipinski definition) is 4. The fourth-order valence-corrected chi connectivity index (χ4v) is 2.63. The van der Waals surface area contributed by atoms with Crippen LogP contribution < -0.4 is 0 Å². The van der Waals surface area contributed by atoms with Gasteiger partial charge in [0.15, 0.2) is 12.6 Å². The number of aromatic nitrogens is 1. The van der Waals surface area contributed by atoms with Gasteiger partial charge in [0.2, 0.25) is 0 Å². The zero-order valence-electron chi connectivity index (χ0n) is 11.0. The van der Waals surface area contributed by atoms with Crippen molar-refractivity contribution in [3.05, 3.63) is 22.2 Å². The third-order valence-electron chi connectivity index (χ3n) is 2.59. The normalized spacial score (nSPS) is 10.0. The van der Waals surface area contributed by atoms with Crippen molar-refractivity contribution in [1.82, 2.24) is 4.57 Å². The van der Waals surface area contributed by atoms with Crippen molar-refractivity contribution in [3.8, 4) is 0 Å². The van der Waals surface area contributed by atoms with Gasteiger partial charge in [-0.05, 0) is 19.9 Å². The van der Waals surface area contributed by atoms with Gasteiger partial charge >= 0.3 is 0 Å². The first-order valence-electron chi connectivity index (χ1n) is 5.58. The second kappa shape index (κ2) is 6.47. The Bertz CT molecular complexity index is 552. The molecule has 18 heavy (non-hydrogen) atoms. The van der Waals surface area contributed by atoms with Crippen LogP contribution in [0.2, 0.25) is 0 Å². The number of ether oxygens (including phenoxy) is 1. The molecule has 0 saturated carbocycles. The highest BCUT2D eigenvalue weighted by molar-refractivity contribution is 7.18. The van der Waals surface area contributed by atoms with Crippen LogP contribution >= 0.6 is 11.3 Å². The van der Waals surface area contributed by atoms with E-state index in [-0.39, 0.29) is 0 Å². The van der Waals surface area contributed by atoms with E-state index in [1.165, 1.54) is 0 Å². The number of thiophene rings is 1. The Morgan fingerprint density at radius 2 is 2.00 bits per heavy atom. The monoisotopic (exact) mass is 267 g/mol. The number of rotatable bonds is 3. The van der Waals surface area contributed by atoms with Crippen molar-refractivity contribution in [2.45, 2.75) is 13.8 Å². The van der Waals surface area contributed by atoms with Crippen molar-refractivity contribution < 1.29 is 14.3 Å². The topological polar surface area (TPSA) is 48.3 Å². The smallest absolute Gasteiger partial charge is 0.167 e. The lowest BCUT2D eigenvalue weighted by Gasteiger charge is -1.94. The molecule has 2 heterocycles. The first kappa shape index (κ1) is 14.6. The maximum Gasteiger partial charge on any atom is 0.167 e. The summed E-state index contributed by atoms with van der Waals surface area (Å²) < 4.78 is 6.31. The molecule has 2 aromatic rings. The molecule has 4 nitrogen and oxygen atoms in total. The highest BCUT2D eigenvalue weighted by Gasteiger charge is 2.15. The van der Waals surface area contributed by atoms with Crippen LogP contribution in [-0.2, 0) is 11.8 Å². The van der Waals surface area contributed by atoms with Crippen molar-refractivity contribution in [3.63, 3.8) is 0 Å². The molecular weight excluding hydrogens is 250 g/mol. The van der Waals surface area contributed by atoms with Crippen molar-refractivity contribution >= 4 is 34.1 Å². The van der Waals surface area contributed by atoms with Gasteiger partial charge in [0, 0.05) is 31.0 Å². The number of aldehydes is 2. The largest absolute Gasteiger partial charge is 0.385 e. The molecule has 2 aromatic heterocycles. The molecule has 98 valence electrons. The SMILES string of the molecule is CCOC.Cc1cc2c(C=O)c(C=O)n(C)c2s1. The summed E-state index contributed by atoms with van der Waals surface area (Å²) in [5, 5.41) is 0.882. The third-order valence-corrected chi connectivity index (χ3v) is 3.71. The minimum atomic E-state index is 0.459. The van der Waals surface area contributed by atoms with Gasteiger partial charge in [-0.3, -0.25) is 9.59 Å². The van der Waals surface area contributed by atoms with Gasteiger partial charge in [0.05, 0.1) is 11.3 Å². The maximum absolute atomic E-state index is 10.9. The molecule has 0 unspecified atom stereocenters. The van der Waals surface area contributed by atoms with Gasteiger partial charge in [-0.2, -0.15) is 0 Å². The lowest BCUT2D eigenvalue weighted by Crippen LogP contribution is -1.96. The third kappa shape index (κ3) is 2.68. The molecule has 0 aromatic carbocycles. The van der Waals surface area contributed by atoms with Crippen molar-refractivity contribution in [2.24, 2.45) is 7.05 Å². The van der Waals surface area contributed by atoms with E-state index in [4.69, 9.17) is 0 Å². The van der Waals surface area contributed by atoms with Crippen LogP contribution in [0.3, 0.4) is 0 Å². The molecule has 0 amide bonds. The molecular formula is C13H17NO3S. The number of carbonyl (C=O) groups is 2. The van der Waals surface area contributed by atoms with Gasteiger partial charge < -0.3 is 9.30 Å². The molecule has 0 fully saturated rings. The maximum atomic E-state index is 10.9. The number of fused-ring (bicyclic) bond motifs is 1. The van der Waals surface area contributed by atoms with E-state index in [2.05, 4.69) is 4.74 Å². The van der Waals surface area contributed by atoms with E-state index in [0.717, 1.165) is 34.3 Å². The standard InChI is InChI=1S/C10H9NO2S.C3H8O/c1-6-3-7-8(4-12)9(5-13)11(2)10(7)14-6;1-3-4-2/h3-5H,1-2H3;3H2,1-2H3. The Morgan fingerprint density at radius 1 is 1.39 bits per heavy atom. The second-order valence-corrected chi connectivity index (χ2v) is 4.98. The summed E-state index contributed by atoms with van der Waals surface area (Å²) in [5.74, 6) is 0. The van der Waals surface area contributed by atoms with Gasteiger partial charge in [0.1, 0.15) is 4.83 Å². The molecule has 2 rings (SSSR count). The van der Waals surface area contributed by atoms with Crippen LogP contribution in [0, 0.1) is 6.92 Å². The second-order valence-electron chi connectivity index (χ2n) is 3.75. The van der Waals surface area contributed by atoms with E-state index in [1.54, 1.807) is 30.1 Å². The van der Waals surface area contributed by atoms with Crippen LogP contribution in [0.15, 0.2) is 6.07 Å². The van der Waals surface area contributed by atoms with Gasteiger partial charge in [-0.15, -0.1) is 11.3 Å². The number of nitrogens with zero attached hydrogens (tertiary/aromatic N) is 1. The lowest BCUT2D eigenvalue weighted by atomic mass is 10.2. The summed E-state index contributed by atoms with van der Waals surface area (Å²) in [6.45, 7) is 4.76. The molecule has 0 saturated heterocycles. The Kier molecular flexibility index (Phi) is 5.25. The number of aryl methyl sites for hydroxylation is 2. The number of carbonyl (C=O) groups excluding carboxylic acids is 2. The Balaban J connectivity index is 0.000000357. The van der Waals surface area contributed by atoms with Crippen LogP contribution in [0.5, 0.6) is 0 Å². The zero-order valence-corrected chi connectivity index (χ0v) is 11.8. The molecule has 0 atom stereocenters. The summed E-state index contributed by atoms with van der Waals surface area (Å²) in [7, 11) is 3.48. The highest BCUT2D eigenvalue weighted by Crippen LogP contribution is 2.30. The molecule has 0 bridgehead atoms. The Hall–Kier alpha value is -1.46. The zero-order chi connectivity index (χ0) is 13.7. The lowest BCUT2D eigenvalue weighted by molar-refractivity contribution is 0.109. The van der Waals surface area contributed by atoms with Crippen LogP contribution in [0.1, 0.15) is 32.6 Å². The minimum Gasteiger partial charge on any atom is -0.385 e. The molecule has 0 aliphatic heterocycles. The van der Waals surface area contributed by atoms with Crippen LogP contribution in [-0.4, -0.2) is 30.9 Å². The van der Waals surface area contributed by atoms with Gasteiger partial charge in [-0.1, -0.05) is 0 Å².